The number of ether oxygens (including phenoxy) is 1. The van der Waals surface area contributed by atoms with Crippen molar-refractivity contribution in [1.82, 2.24) is 10.6 Å². The van der Waals surface area contributed by atoms with Crippen molar-refractivity contribution in [3.05, 3.63) is 101 Å². The van der Waals surface area contributed by atoms with Crippen molar-refractivity contribution in [2.24, 2.45) is 0 Å². The van der Waals surface area contributed by atoms with E-state index < -0.39 is 0 Å². The Labute approximate surface area is 190 Å². The molecule has 3 aromatic rings. The number of hydrogen-bond acceptors (Lipinski definition) is 3. The number of hydrogen-bond donors (Lipinski definition) is 2. The monoisotopic (exact) mass is 426 g/mol. The lowest BCUT2D eigenvalue weighted by atomic mass is 9.98. The highest BCUT2D eigenvalue weighted by atomic mass is 16.5. The van der Waals surface area contributed by atoms with E-state index in [1.807, 2.05) is 12.1 Å². The van der Waals surface area contributed by atoms with Crippen LogP contribution in [-0.2, 0) is 11.3 Å². The van der Waals surface area contributed by atoms with E-state index >= 15 is 0 Å². The standard InChI is InChI=1S/C28H30N2O2/c1-2-29-19-22-12-9-11-21(18-22)10-7-8-17-30-28(31)32-20-27-25-15-5-3-13-23(25)24-14-4-6-16-26(24)27/h3-7,9-16,18,27,29H,2,8,17,19-20H2,1H3,(H,30,31). The summed E-state index contributed by atoms with van der Waals surface area (Å²) in [7, 11) is 0. The molecule has 164 valence electrons. The Morgan fingerprint density at radius 1 is 0.969 bits per heavy atom. The first-order valence-corrected chi connectivity index (χ1v) is 11.3. The molecule has 0 saturated carbocycles. The molecule has 0 bridgehead atoms. The first-order valence-electron chi connectivity index (χ1n) is 11.3. The molecular weight excluding hydrogens is 396 g/mol. The summed E-state index contributed by atoms with van der Waals surface area (Å²) < 4.78 is 5.58. The average molecular weight is 427 g/mol. The van der Waals surface area contributed by atoms with Gasteiger partial charge in [0, 0.05) is 19.0 Å². The topological polar surface area (TPSA) is 50.4 Å². The van der Waals surface area contributed by atoms with Gasteiger partial charge in [0.1, 0.15) is 6.61 Å². The zero-order valence-electron chi connectivity index (χ0n) is 18.5. The van der Waals surface area contributed by atoms with Crippen LogP contribution in [0.5, 0.6) is 0 Å². The fourth-order valence-corrected chi connectivity index (χ4v) is 4.20. The second-order valence-corrected chi connectivity index (χ2v) is 7.97. The molecule has 0 unspecified atom stereocenters. The third-order valence-corrected chi connectivity index (χ3v) is 5.76. The summed E-state index contributed by atoms with van der Waals surface area (Å²) in [5.41, 5.74) is 7.35. The highest BCUT2D eigenvalue weighted by Crippen LogP contribution is 2.44. The number of rotatable bonds is 9. The van der Waals surface area contributed by atoms with Gasteiger partial charge in [0.15, 0.2) is 0 Å². The van der Waals surface area contributed by atoms with Crippen molar-refractivity contribution in [1.29, 1.82) is 0 Å². The Morgan fingerprint density at radius 3 is 2.41 bits per heavy atom. The Bertz CT molecular complexity index is 1040. The molecule has 1 aliphatic rings. The molecule has 4 rings (SSSR count). The van der Waals surface area contributed by atoms with Gasteiger partial charge in [-0.1, -0.05) is 91.9 Å². The first kappa shape index (κ1) is 21.8. The van der Waals surface area contributed by atoms with Crippen LogP contribution >= 0.6 is 0 Å². The number of amides is 1. The largest absolute Gasteiger partial charge is 0.449 e. The van der Waals surface area contributed by atoms with Gasteiger partial charge in [-0.25, -0.2) is 4.79 Å². The lowest BCUT2D eigenvalue weighted by Gasteiger charge is -2.14. The summed E-state index contributed by atoms with van der Waals surface area (Å²) in [5, 5.41) is 6.20. The van der Waals surface area contributed by atoms with E-state index in [0.29, 0.717) is 13.2 Å². The van der Waals surface area contributed by atoms with Crippen molar-refractivity contribution in [2.45, 2.75) is 25.8 Å². The van der Waals surface area contributed by atoms with Gasteiger partial charge in [0.2, 0.25) is 0 Å². The highest BCUT2D eigenvalue weighted by molar-refractivity contribution is 5.79. The number of nitrogens with one attached hydrogen (secondary N) is 2. The molecule has 0 spiro atoms. The summed E-state index contributed by atoms with van der Waals surface area (Å²) in [6.45, 7) is 4.83. The molecule has 0 saturated heterocycles. The molecule has 1 aliphatic carbocycles. The molecule has 4 heteroatoms. The molecule has 32 heavy (non-hydrogen) atoms. The van der Waals surface area contributed by atoms with Crippen molar-refractivity contribution in [2.75, 3.05) is 19.7 Å². The van der Waals surface area contributed by atoms with Crippen LogP contribution < -0.4 is 10.6 Å². The van der Waals surface area contributed by atoms with Crippen LogP contribution in [0.1, 0.15) is 41.5 Å². The SMILES string of the molecule is CCNCc1cccc(C=CCCNC(=O)OCC2c3ccccc3-c3ccccc32)c1. The van der Waals surface area contributed by atoms with Crippen LogP contribution in [0.3, 0.4) is 0 Å². The van der Waals surface area contributed by atoms with E-state index in [1.54, 1.807) is 0 Å². The first-order chi connectivity index (χ1) is 15.8. The molecule has 0 heterocycles. The zero-order chi connectivity index (χ0) is 22.2. The van der Waals surface area contributed by atoms with Gasteiger partial charge in [-0.05, 0) is 46.3 Å². The second-order valence-electron chi connectivity index (χ2n) is 7.97. The smallest absolute Gasteiger partial charge is 0.407 e. The van der Waals surface area contributed by atoms with Gasteiger partial charge in [-0.3, -0.25) is 0 Å². The van der Waals surface area contributed by atoms with E-state index in [0.717, 1.165) is 19.5 Å². The predicted molar refractivity (Wildman–Crippen MR) is 131 cm³/mol. The summed E-state index contributed by atoms with van der Waals surface area (Å²) >= 11 is 0. The van der Waals surface area contributed by atoms with E-state index in [4.69, 9.17) is 4.74 Å². The van der Waals surface area contributed by atoms with Crippen molar-refractivity contribution < 1.29 is 9.53 Å². The normalized spacial score (nSPS) is 12.5. The van der Waals surface area contributed by atoms with Gasteiger partial charge < -0.3 is 15.4 Å². The number of alkyl carbamates (subject to hydrolysis) is 1. The van der Waals surface area contributed by atoms with E-state index in [-0.39, 0.29) is 12.0 Å². The van der Waals surface area contributed by atoms with Crippen LogP contribution in [0.15, 0.2) is 78.9 Å². The van der Waals surface area contributed by atoms with E-state index in [2.05, 4.69) is 90.4 Å². The van der Waals surface area contributed by atoms with Crippen molar-refractivity contribution in [3.63, 3.8) is 0 Å². The van der Waals surface area contributed by atoms with Crippen molar-refractivity contribution in [3.8, 4) is 11.1 Å². The fourth-order valence-electron chi connectivity index (χ4n) is 4.20. The van der Waals surface area contributed by atoms with Crippen LogP contribution in [0.2, 0.25) is 0 Å². The maximum Gasteiger partial charge on any atom is 0.407 e. The van der Waals surface area contributed by atoms with Gasteiger partial charge in [0.05, 0.1) is 0 Å². The number of carbonyl (C=O) groups is 1. The maximum atomic E-state index is 12.2. The molecule has 0 atom stereocenters. The number of carbonyl (C=O) groups excluding carboxylic acids is 1. The minimum atomic E-state index is -0.368. The fraction of sp³-hybridized carbons (Fsp3) is 0.250. The molecular formula is C28H30N2O2. The molecule has 0 radical (unpaired) electrons. The van der Waals surface area contributed by atoms with Crippen molar-refractivity contribution >= 4 is 12.2 Å². The second kappa shape index (κ2) is 10.8. The Kier molecular flexibility index (Phi) is 7.36. The third-order valence-electron chi connectivity index (χ3n) is 5.76. The van der Waals surface area contributed by atoms with Gasteiger partial charge >= 0.3 is 6.09 Å². The molecule has 3 aromatic carbocycles. The van der Waals surface area contributed by atoms with E-state index in [1.165, 1.54) is 33.4 Å². The maximum absolute atomic E-state index is 12.2. The summed E-state index contributed by atoms with van der Waals surface area (Å²) in [4.78, 5) is 12.2. The minimum absolute atomic E-state index is 0.0857. The van der Waals surface area contributed by atoms with Gasteiger partial charge in [-0.2, -0.15) is 0 Å². The Morgan fingerprint density at radius 2 is 1.69 bits per heavy atom. The summed E-state index contributed by atoms with van der Waals surface area (Å²) in [5.74, 6) is 0.0857. The Balaban J connectivity index is 1.24. The Hall–Kier alpha value is -3.37. The van der Waals surface area contributed by atoms with Gasteiger partial charge in [-0.15, -0.1) is 0 Å². The lowest BCUT2D eigenvalue weighted by Crippen LogP contribution is -2.26. The third kappa shape index (κ3) is 5.27. The van der Waals surface area contributed by atoms with Crippen LogP contribution in [0.4, 0.5) is 4.79 Å². The molecule has 4 nitrogen and oxygen atoms in total. The molecule has 0 aliphatic heterocycles. The van der Waals surface area contributed by atoms with Crippen LogP contribution in [0, 0.1) is 0 Å². The van der Waals surface area contributed by atoms with E-state index in [9.17, 15) is 4.79 Å². The predicted octanol–water partition coefficient (Wildman–Crippen LogP) is 5.74. The molecule has 1 amide bonds. The van der Waals surface area contributed by atoms with Crippen LogP contribution in [0.25, 0.3) is 17.2 Å². The number of fused-ring (bicyclic) bond motifs is 3. The summed E-state index contributed by atoms with van der Waals surface area (Å²) in [6, 6.07) is 25.2. The lowest BCUT2D eigenvalue weighted by molar-refractivity contribution is 0.143. The molecule has 0 aromatic heterocycles. The van der Waals surface area contributed by atoms with Crippen LogP contribution in [-0.4, -0.2) is 25.8 Å². The average Bonchev–Trinajstić information content (AvgIpc) is 3.15. The molecule has 2 N–H and O–H groups in total. The van der Waals surface area contributed by atoms with Gasteiger partial charge in [0.25, 0.3) is 0 Å². The molecule has 0 fully saturated rings. The quantitative estimate of drug-likeness (QED) is 0.429. The zero-order valence-corrected chi connectivity index (χ0v) is 18.5. The number of benzene rings is 3. The highest BCUT2D eigenvalue weighted by Gasteiger charge is 2.28. The summed E-state index contributed by atoms with van der Waals surface area (Å²) in [6.07, 6.45) is 4.56. The minimum Gasteiger partial charge on any atom is -0.449 e.